The monoisotopic (exact) mass is 268 g/mol. The first-order valence-electron chi connectivity index (χ1n) is 6.76. The molecule has 4 nitrogen and oxygen atoms in total. The lowest BCUT2D eigenvalue weighted by molar-refractivity contribution is -0.384. The summed E-state index contributed by atoms with van der Waals surface area (Å²) in [5, 5.41) is 13.9. The lowest BCUT2D eigenvalue weighted by atomic mass is 9.99. The molecule has 1 atom stereocenters. The summed E-state index contributed by atoms with van der Waals surface area (Å²) in [6, 6.07) is 3.62. The lowest BCUT2D eigenvalue weighted by Gasteiger charge is -2.16. The molecule has 19 heavy (non-hydrogen) atoms. The van der Waals surface area contributed by atoms with Gasteiger partial charge in [-0.3, -0.25) is 10.1 Å². The van der Waals surface area contributed by atoms with Gasteiger partial charge in [-0.1, -0.05) is 33.1 Å². The van der Waals surface area contributed by atoms with Crippen LogP contribution in [0.25, 0.3) is 0 Å². The predicted molar refractivity (Wildman–Crippen MR) is 74.9 cm³/mol. The molecule has 0 aliphatic carbocycles. The zero-order chi connectivity index (χ0) is 14.3. The summed E-state index contributed by atoms with van der Waals surface area (Å²) in [6.07, 6.45) is 4.44. The van der Waals surface area contributed by atoms with Gasteiger partial charge >= 0.3 is 0 Å². The highest BCUT2D eigenvalue weighted by Gasteiger charge is 2.15. The molecule has 0 aliphatic rings. The number of nitrogens with zero attached hydrogens (tertiary/aromatic N) is 1. The van der Waals surface area contributed by atoms with Crippen molar-refractivity contribution in [3.63, 3.8) is 0 Å². The van der Waals surface area contributed by atoms with Gasteiger partial charge in [-0.25, -0.2) is 4.39 Å². The van der Waals surface area contributed by atoms with Crippen LogP contribution in [0.15, 0.2) is 18.2 Å². The molecule has 1 N–H and O–H groups in total. The number of rotatable bonds is 8. The standard InChI is InChI=1S/C14H21FN2O2/c1-3-5-6-11(4-2)10-16-13-8-7-12(15)9-14(13)17(18)19/h7-9,11,16H,3-6,10H2,1-2H3. The summed E-state index contributed by atoms with van der Waals surface area (Å²) >= 11 is 0. The van der Waals surface area contributed by atoms with Gasteiger partial charge in [0.05, 0.1) is 11.0 Å². The molecule has 0 fully saturated rings. The van der Waals surface area contributed by atoms with Crippen LogP contribution >= 0.6 is 0 Å². The van der Waals surface area contributed by atoms with Gasteiger partial charge in [0.1, 0.15) is 11.5 Å². The van der Waals surface area contributed by atoms with E-state index in [4.69, 9.17) is 0 Å². The average Bonchev–Trinajstić information content (AvgIpc) is 2.40. The SMILES string of the molecule is CCCCC(CC)CNc1ccc(F)cc1[N+](=O)[O-]. The van der Waals surface area contributed by atoms with E-state index in [1.165, 1.54) is 12.1 Å². The van der Waals surface area contributed by atoms with E-state index in [0.717, 1.165) is 31.7 Å². The average molecular weight is 268 g/mol. The maximum Gasteiger partial charge on any atom is 0.295 e. The molecular formula is C14H21FN2O2. The number of nitrogens with one attached hydrogen (secondary N) is 1. The quantitative estimate of drug-likeness (QED) is 0.563. The van der Waals surface area contributed by atoms with Crippen molar-refractivity contribution < 1.29 is 9.31 Å². The van der Waals surface area contributed by atoms with Crippen molar-refractivity contribution in [2.24, 2.45) is 5.92 Å². The highest BCUT2D eigenvalue weighted by Crippen LogP contribution is 2.25. The number of anilines is 1. The molecule has 0 spiro atoms. The highest BCUT2D eigenvalue weighted by molar-refractivity contribution is 5.61. The van der Waals surface area contributed by atoms with Crippen molar-refractivity contribution in [3.8, 4) is 0 Å². The van der Waals surface area contributed by atoms with Gasteiger partial charge in [0.15, 0.2) is 0 Å². The van der Waals surface area contributed by atoms with Crippen LogP contribution in [0.2, 0.25) is 0 Å². The maximum atomic E-state index is 13.0. The minimum atomic E-state index is -0.588. The summed E-state index contributed by atoms with van der Waals surface area (Å²) in [5.74, 6) is -0.0973. The highest BCUT2D eigenvalue weighted by atomic mass is 19.1. The fraction of sp³-hybridized carbons (Fsp3) is 0.571. The van der Waals surface area contributed by atoms with E-state index in [-0.39, 0.29) is 5.69 Å². The lowest BCUT2D eigenvalue weighted by Crippen LogP contribution is -2.14. The smallest absolute Gasteiger partial charge is 0.295 e. The number of unbranched alkanes of at least 4 members (excludes halogenated alkanes) is 1. The Morgan fingerprint density at radius 2 is 2.16 bits per heavy atom. The Labute approximate surface area is 113 Å². The second-order valence-electron chi connectivity index (χ2n) is 4.72. The molecule has 1 aromatic carbocycles. The second-order valence-corrected chi connectivity index (χ2v) is 4.72. The molecule has 0 aliphatic heterocycles. The third-order valence-electron chi connectivity index (χ3n) is 3.28. The fourth-order valence-corrected chi connectivity index (χ4v) is 2.00. The molecular weight excluding hydrogens is 247 g/mol. The largest absolute Gasteiger partial charge is 0.379 e. The Morgan fingerprint density at radius 1 is 1.42 bits per heavy atom. The summed E-state index contributed by atoms with van der Waals surface area (Å²) in [7, 11) is 0. The summed E-state index contributed by atoms with van der Waals surface area (Å²) in [5.41, 5.74) is 0.187. The van der Waals surface area contributed by atoms with Gasteiger partial charge in [-0.05, 0) is 24.5 Å². The molecule has 5 heteroatoms. The Balaban J connectivity index is 2.68. The summed E-state index contributed by atoms with van der Waals surface area (Å²) in [6.45, 7) is 4.94. The number of benzene rings is 1. The number of hydrogen-bond acceptors (Lipinski definition) is 3. The molecule has 1 aromatic rings. The van der Waals surface area contributed by atoms with Gasteiger partial charge in [0.2, 0.25) is 0 Å². The van der Waals surface area contributed by atoms with Crippen LogP contribution in [-0.4, -0.2) is 11.5 Å². The van der Waals surface area contributed by atoms with Gasteiger partial charge in [-0.15, -0.1) is 0 Å². The Morgan fingerprint density at radius 3 is 2.74 bits per heavy atom. The van der Waals surface area contributed by atoms with E-state index in [1.54, 1.807) is 0 Å². The molecule has 0 radical (unpaired) electrons. The van der Waals surface area contributed by atoms with Crippen LogP contribution in [0.3, 0.4) is 0 Å². The summed E-state index contributed by atoms with van der Waals surface area (Å²) < 4.78 is 13.0. The Bertz CT molecular complexity index is 424. The minimum Gasteiger partial charge on any atom is -0.379 e. The number of halogens is 1. The van der Waals surface area contributed by atoms with E-state index in [2.05, 4.69) is 19.2 Å². The third kappa shape index (κ3) is 4.85. The van der Waals surface area contributed by atoms with E-state index >= 15 is 0 Å². The topological polar surface area (TPSA) is 55.2 Å². The van der Waals surface area contributed by atoms with E-state index in [9.17, 15) is 14.5 Å². The van der Waals surface area contributed by atoms with Crippen molar-refractivity contribution in [2.45, 2.75) is 39.5 Å². The zero-order valence-corrected chi connectivity index (χ0v) is 11.5. The minimum absolute atomic E-state index is 0.203. The Kier molecular flexibility index (Phi) is 6.25. The van der Waals surface area contributed by atoms with E-state index < -0.39 is 10.7 Å². The first kappa shape index (κ1) is 15.4. The van der Waals surface area contributed by atoms with E-state index in [0.29, 0.717) is 18.2 Å². The van der Waals surface area contributed by atoms with Crippen molar-refractivity contribution in [1.29, 1.82) is 0 Å². The van der Waals surface area contributed by atoms with E-state index in [1.807, 2.05) is 0 Å². The molecule has 1 rings (SSSR count). The molecule has 0 bridgehead atoms. The number of nitro benzene ring substituents is 1. The van der Waals surface area contributed by atoms with Crippen molar-refractivity contribution in [3.05, 3.63) is 34.1 Å². The molecule has 0 heterocycles. The van der Waals surface area contributed by atoms with Crippen LogP contribution < -0.4 is 5.32 Å². The van der Waals surface area contributed by atoms with Crippen molar-refractivity contribution in [2.75, 3.05) is 11.9 Å². The first-order chi connectivity index (χ1) is 9.08. The number of nitro groups is 1. The van der Waals surface area contributed by atoms with Crippen molar-refractivity contribution >= 4 is 11.4 Å². The van der Waals surface area contributed by atoms with Gasteiger partial charge < -0.3 is 5.32 Å². The van der Waals surface area contributed by atoms with Gasteiger partial charge in [0, 0.05) is 6.54 Å². The molecule has 0 saturated heterocycles. The van der Waals surface area contributed by atoms with Gasteiger partial charge in [-0.2, -0.15) is 0 Å². The summed E-state index contributed by atoms with van der Waals surface area (Å²) in [4.78, 5) is 10.3. The van der Waals surface area contributed by atoms with Gasteiger partial charge in [0.25, 0.3) is 5.69 Å². The van der Waals surface area contributed by atoms with Crippen LogP contribution in [0.5, 0.6) is 0 Å². The maximum absolute atomic E-state index is 13.0. The molecule has 0 aromatic heterocycles. The predicted octanol–water partition coefficient (Wildman–Crippen LogP) is 4.36. The number of hydrogen-bond donors (Lipinski definition) is 1. The van der Waals surface area contributed by atoms with Crippen LogP contribution in [0.1, 0.15) is 39.5 Å². The van der Waals surface area contributed by atoms with Crippen LogP contribution in [0, 0.1) is 21.8 Å². The van der Waals surface area contributed by atoms with Crippen LogP contribution in [0.4, 0.5) is 15.8 Å². The fourth-order valence-electron chi connectivity index (χ4n) is 2.00. The molecule has 0 amide bonds. The third-order valence-corrected chi connectivity index (χ3v) is 3.28. The second kappa shape index (κ2) is 7.71. The van der Waals surface area contributed by atoms with Crippen LogP contribution in [-0.2, 0) is 0 Å². The zero-order valence-electron chi connectivity index (χ0n) is 11.5. The van der Waals surface area contributed by atoms with Crippen molar-refractivity contribution in [1.82, 2.24) is 0 Å². The molecule has 106 valence electrons. The first-order valence-corrected chi connectivity index (χ1v) is 6.76. The Hall–Kier alpha value is -1.65. The molecule has 1 unspecified atom stereocenters. The normalized spacial score (nSPS) is 12.2. The molecule has 0 saturated carbocycles.